The molecule has 1 heterocycles. The molecule has 0 amide bonds. The second-order valence-corrected chi connectivity index (χ2v) is 6.64. The van der Waals surface area contributed by atoms with Gasteiger partial charge in [-0.3, -0.25) is 0 Å². The minimum Gasteiger partial charge on any atom is -0.301 e. The van der Waals surface area contributed by atoms with Gasteiger partial charge in [0, 0.05) is 32.8 Å². The summed E-state index contributed by atoms with van der Waals surface area (Å²) in [6.45, 7) is 3.40. The zero-order valence-corrected chi connectivity index (χ0v) is 11.7. The lowest BCUT2D eigenvalue weighted by molar-refractivity contribution is 0.307. The Morgan fingerprint density at radius 2 is 2.00 bits per heavy atom. The molecular weight excluding hydrogens is 236 g/mol. The van der Waals surface area contributed by atoms with E-state index in [1.54, 1.807) is 11.4 Å². The molecule has 1 saturated heterocycles. The second-order valence-electron chi connectivity index (χ2n) is 4.66. The molecule has 4 nitrogen and oxygen atoms in total. The molecule has 17 heavy (non-hydrogen) atoms. The molecule has 0 aliphatic carbocycles. The van der Waals surface area contributed by atoms with Crippen LogP contribution in [0, 0.1) is 5.92 Å². The molecule has 0 unspecified atom stereocenters. The van der Waals surface area contributed by atoms with Gasteiger partial charge in [-0.05, 0) is 25.7 Å². The lowest BCUT2D eigenvalue weighted by Gasteiger charge is -2.28. The van der Waals surface area contributed by atoms with Gasteiger partial charge in [-0.25, -0.2) is 12.7 Å². The largest absolute Gasteiger partial charge is 0.301 e. The van der Waals surface area contributed by atoms with E-state index in [-0.39, 0.29) is 0 Å². The Morgan fingerprint density at radius 1 is 1.41 bits per heavy atom. The summed E-state index contributed by atoms with van der Waals surface area (Å²) in [6.07, 6.45) is 8.19. The molecular formula is C12H22N2O2S. The molecule has 0 aromatic rings. The molecule has 0 bridgehead atoms. The van der Waals surface area contributed by atoms with E-state index in [1.807, 2.05) is 6.21 Å². The van der Waals surface area contributed by atoms with Crippen molar-refractivity contribution in [2.75, 3.05) is 26.4 Å². The van der Waals surface area contributed by atoms with E-state index in [1.165, 1.54) is 11.8 Å². The summed E-state index contributed by atoms with van der Waals surface area (Å²) < 4.78 is 24.3. The van der Waals surface area contributed by atoms with Crippen LogP contribution in [0.15, 0.2) is 16.6 Å². The molecule has 0 N–H and O–H groups in total. The van der Waals surface area contributed by atoms with Crippen LogP contribution < -0.4 is 0 Å². The molecule has 5 heteroatoms. The van der Waals surface area contributed by atoms with Crippen LogP contribution in [0.5, 0.6) is 0 Å². The van der Waals surface area contributed by atoms with Crippen LogP contribution in [0.2, 0.25) is 0 Å². The van der Waals surface area contributed by atoms with Gasteiger partial charge >= 0.3 is 0 Å². The number of rotatable bonds is 4. The number of hydrogen-bond acceptors (Lipinski definition) is 3. The molecule has 1 aliphatic heterocycles. The zero-order chi connectivity index (χ0) is 12.9. The molecule has 1 fully saturated rings. The van der Waals surface area contributed by atoms with Crippen LogP contribution in [0.25, 0.3) is 0 Å². The van der Waals surface area contributed by atoms with Crippen molar-refractivity contribution >= 4 is 16.2 Å². The van der Waals surface area contributed by atoms with E-state index >= 15 is 0 Å². The SMILES string of the molecule is CN=CC/C(C)=C\C1CCN(S(C)(=O)=O)CC1. The highest BCUT2D eigenvalue weighted by atomic mass is 32.2. The number of aliphatic imine (C=N–C) groups is 1. The van der Waals surface area contributed by atoms with E-state index in [9.17, 15) is 8.42 Å². The third-order valence-electron chi connectivity index (χ3n) is 3.08. The predicted molar refractivity (Wildman–Crippen MR) is 71.9 cm³/mol. The Labute approximate surface area is 104 Å². The van der Waals surface area contributed by atoms with Crippen LogP contribution in [-0.2, 0) is 10.0 Å². The van der Waals surface area contributed by atoms with Gasteiger partial charge < -0.3 is 4.99 Å². The van der Waals surface area contributed by atoms with Crippen LogP contribution in [0.4, 0.5) is 0 Å². The number of hydrogen-bond donors (Lipinski definition) is 0. The Kier molecular flexibility index (Phi) is 5.33. The highest BCUT2D eigenvalue weighted by molar-refractivity contribution is 7.88. The van der Waals surface area contributed by atoms with Crippen molar-refractivity contribution in [3.05, 3.63) is 11.6 Å². The molecule has 0 spiro atoms. The number of sulfonamides is 1. The average molecular weight is 258 g/mol. The smallest absolute Gasteiger partial charge is 0.211 e. The summed E-state index contributed by atoms with van der Waals surface area (Å²) in [5.74, 6) is 0.512. The highest BCUT2D eigenvalue weighted by Crippen LogP contribution is 2.21. The highest BCUT2D eigenvalue weighted by Gasteiger charge is 2.23. The summed E-state index contributed by atoms with van der Waals surface area (Å²) in [5.41, 5.74) is 1.31. The minimum atomic E-state index is -3.00. The molecule has 98 valence electrons. The minimum absolute atomic E-state index is 0.512. The molecule has 0 aromatic heterocycles. The van der Waals surface area contributed by atoms with Crippen molar-refractivity contribution < 1.29 is 8.42 Å². The van der Waals surface area contributed by atoms with Crippen molar-refractivity contribution in [3.8, 4) is 0 Å². The lowest BCUT2D eigenvalue weighted by Crippen LogP contribution is -2.37. The summed E-state index contributed by atoms with van der Waals surface area (Å²) >= 11 is 0. The second kappa shape index (κ2) is 6.31. The average Bonchev–Trinajstić information content (AvgIpc) is 2.26. The number of allylic oxidation sites excluding steroid dienone is 2. The van der Waals surface area contributed by atoms with Gasteiger partial charge in [-0.1, -0.05) is 11.6 Å². The molecule has 0 saturated carbocycles. The van der Waals surface area contributed by atoms with E-state index in [0.717, 1.165) is 19.3 Å². The first-order valence-corrected chi connectivity index (χ1v) is 7.81. The van der Waals surface area contributed by atoms with Crippen LogP contribution in [0.3, 0.4) is 0 Å². The topological polar surface area (TPSA) is 49.7 Å². The first-order valence-electron chi connectivity index (χ1n) is 5.96. The van der Waals surface area contributed by atoms with Gasteiger partial charge in [0.2, 0.25) is 10.0 Å². The molecule has 0 atom stereocenters. The molecule has 0 radical (unpaired) electrons. The van der Waals surface area contributed by atoms with Gasteiger partial charge in [-0.2, -0.15) is 0 Å². The Balaban J connectivity index is 2.47. The van der Waals surface area contributed by atoms with E-state index in [4.69, 9.17) is 0 Å². The number of nitrogens with zero attached hydrogens (tertiary/aromatic N) is 2. The fourth-order valence-electron chi connectivity index (χ4n) is 2.08. The van der Waals surface area contributed by atoms with Crippen molar-refractivity contribution in [1.82, 2.24) is 4.31 Å². The van der Waals surface area contributed by atoms with Crippen molar-refractivity contribution in [2.24, 2.45) is 10.9 Å². The fraction of sp³-hybridized carbons (Fsp3) is 0.750. The monoisotopic (exact) mass is 258 g/mol. The standard InChI is InChI=1S/C12H22N2O2S/c1-11(4-7-13-2)10-12-5-8-14(9-6-12)17(3,15)16/h7,10,12H,4-6,8-9H2,1-3H3/b11-10-,13-7?. The quantitative estimate of drug-likeness (QED) is 0.569. The Morgan fingerprint density at radius 3 is 2.47 bits per heavy atom. The Bertz CT molecular complexity index is 391. The molecule has 1 aliphatic rings. The van der Waals surface area contributed by atoms with Crippen molar-refractivity contribution in [3.63, 3.8) is 0 Å². The third-order valence-corrected chi connectivity index (χ3v) is 4.39. The predicted octanol–water partition coefficient (Wildman–Crippen LogP) is 1.70. The van der Waals surface area contributed by atoms with Crippen LogP contribution in [0.1, 0.15) is 26.2 Å². The van der Waals surface area contributed by atoms with Crippen molar-refractivity contribution in [2.45, 2.75) is 26.2 Å². The van der Waals surface area contributed by atoms with E-state index in [2.05, 4.69) is 18.0 Å². The van der Waals surface area contributed by atoms with Gasteiger partial charge in [0.25, 0.3) is 0 Å². The summed E-state index contributed by atoms with van der Waals surface area (Å²) in [6, 6.07) is 0. The number of piperidine rings is 1. The fourth-order valence-corrected chi connectivity index (χ4v) is 2.95. The van der Waals surface area contributed by atoms with Crippen molar-refractivity contribution in [1.29, 1.82) is 0 Å². The van der Waals surface area contributed by atoms with E-state index in [0.29, 0.717) is 19.0 Å². The molecule has 1 rings (SSSR count). The summed E-state index contributed by atoms with van der Waals surface area (Å²) in [7, 11) is -1.22. The maximum Gasteiger partial charge on any atom is 0.211 e. The Hall–Kier alpha value is -0.680. The van der Waals surface area contributed by atoms with Crippen LogP contribution in [-0.4, -0.2) is 45.3 Å². The lowest BCUT2D eigenvalue weighted by atomic mass is 9.95. The third kappa shape index (κ3) is 5.00. The zero-order valence-electron chi connectivity index (χ0n) is 10.9. The van der Waals surface area contributed by atoms with Gasteiger partial charge in [0.1, 0.15) is 0 Å². The first kappa shape index (κ1) is 14.4. The normalized spacial score (nSPS) is 21.2. The molecule has 0 aromatic carbocycles. The van der Waals surface area contributed by atoms with Crippen LogP contribution >= 0.6 is 0 Å². The maximum absolute atomic E-state index is 11.3. The first-order chi connectivity index (χ1) is 7.93. The van der Waals surface area contributed by atoms with Gasteiger partial charge in [-0.15, -0.1) is 0 Å². The maximum atomic E-state index is 11.3. The van der Waals surface area contributed by atoms with Gasteiger partial charge in [0.15, 0.2) is 0 Å². The van der Waals surface area contributed by atoms with Gasteiger partial charge in [0.05, 0.1) is 6.26 Å². The van der Waals surface area contributed by atoms with E-state index < -0.39 is 10.0 Å². The summed E-state index contributed by atoms with van der Waals surface area (Å²) in [4.78, 5) is 3.96. The summed E-state index contributed by atoms with van der Waals surface area (Å²) in [5, 5.41) is 0.